The molecule has 0 saturated heterocycles. The Hall–Kier alpha value is -1.68. The molecule has 2 aromatic rings. The lowest BCUT2D eigenvalue weighted by Gasteiger charge is -2.08. The first-order valence-corrected chi connectivity index (χ1v) is 7.94. The molecule has 1 amide bonds. The molecule has 0 aliphatic rings. The maximum absolute atomic E-state index is 13.3. The van der Waals surface area contributed by atoms with E-state index in [4.69, 9.17) is 0 Å². The van der Waals surface area contributed by atoms with Crippen molar-refractivity contribution in [2.24, 2.45) is 0 Å². The summed E-state index contributed by atoms with van der Waals surface area (Å²) in [5, 5.41) is 3.76. The van der Waals surface area contributed by atoms with Crippen LogP contribution in [0.1, 0.15) is 27.9 Å². The van der Waals surface area contributed by atoms with Gasteiger partial charge in [-0.1, -0.05) is 28.1 Å². The zero-order valence-corrected chi connectivity index (χ0v) is 13.4. The quantitative estimate of drug-likeness (QED) is 0.777. The van der Waals surface area contributed by atoms with Crippen molar-refractivity contribution >= 4 is 27.5 Å². The van der Waals surface area contributed by atoms with Gasteiger partial charge < -0.3 is 5.32 Å². The predicted molar refractivity (Wildman–Crippen MR) is 87.6 cm³/mol. The average molecular weight is 350 g/mol. The smallest absolute Gasteiger partial charge is 0.255 e. The highest BCUT2D eigenvalue weighted by molar-refractivity contribution is 9.09. The molecule has 2 nitrogen and oxygen atoms in total. The van der Waals surface area contributed by atoms with E-state index in [1.807, 2.05) is 24.3 Å². The van der Waals surface area contributed by atoms with Gasteiger partial charge in [0, 0.05) is 16.6 Å². The van der Waals surface area contributed by atoms with Gasteiger partial charge in [0.05, 0.1) is 0 Å². The van der Waals surface area contributed by atoms with Gasteiger partial charge in [-0.3, -0.25) is 4.79 Å². The van der Waals surface area contributed by atoms with E-state index in [0.717, 1.165) is 29.4 Å². The number of hydrogen-bond acceptors (Lipinski definition) is 1. The van der Waals surface area contributed by atoms with E-state index >= 15 is 0 Å². The van der Waals surface area contributed by atoms with Crippen LogP contribution in [0.3, 0.4) is 0 Å². The van der Waals surface area contributed by atoms with Gasteiger partial charge in [-0.2, -0.15) is 0 Å². The van der Waals surface area contributed by atoms with Crippen molar-refractivity contribution < 1.29 is 9.18 Å². The number of nitrogens with one attached hydrogen (secondary N) is 1. The molecule has 0 unspecified atom stereocenters. The Kier molecular flexibility index (Phi) is 5.51. The molecule has 0 saturated carbocycles. The van der Waals surface area contributed by atoms with Crippen LogP contribution in [0.2, 0.25) is 0 Å². The predicted octanol–water partition coefficient (Wildman–Crippen LogP) is 4.71. The zero-order valence-electron chi connectivity index (χ0n) is 11.8. The minimum Gasteiger partial charge on any atom is -0.322 e. The SMILES string of the molecule is Cc1cc(F)cc(C(=O)Nc2cccc(CCCBr)c2)c1. The molecule has 2 rings (SSSR count). The summed E-state index contributed by atoms with van der Waals surface area (Å²) in [5.74, 6) is -0.693. The summed E-state index contributed by atoms with van der Waals surface area (Å²) < 4.78 is 13.3. The summed E-state index contributed by atoms with van der Waals surface area (Å²) >= 11 is 3.40. The first kappa shape index (κ1) is 15.7. The number of carbonyl (C=O) groups excluding carboxylic acids is 1. The topological polar surface area (TPSA) is 29.1 Å². The highest BCUT2D eigenvalue weighted by Gasteiger charge is 2.08. The van der Waals surface area contributed by atoms with Gasteiger partial charge in [0.25, 0.3) is 5.91 Å². The molecule has 0 bridgehead atoms. The fourth-order valence-corrected chi connectivity index (χ4v) is 2.43. The summed E-state index contributed by atoms with van der Waals surface area (Å²) in [6, 6.07) is 12.1. The monoisotopic (exact) mass is 349 g/mol. The number of hydrogen-bond donors (Lipinski definition) is 1. The molecule has 0 fully saturated rings. The molecule has 2 aromatic carbocycles. The highest BCUT2D eigenvalue weighted by Crippen LogP contribution is 2.15. The van der Waals surface area contributed by atoms with Crippen molar-refractivity contribution in [3.05, 3.63) is 65.0 Å². The van der Waals surface area contributed by atoms with Gasteiger partial charge in [0.1, 0.15) is 5.82 Å². The zero-order chi connectivity index (χ0) is 15.2. The fourth-order valence-electron chi connectivity index (χ4n) is 2.15. The number of alkyl halides is 1. The maximum Gasteiger partial charge on any atom is 0.255 e. The van der Waals surface area contributed by atoms with Crippen molar-refractivity contribution in [1.82, 2.24) is 0 Å². The third-order valence-corrected chi connectivity index (χ3v) is 3.65. The average Bonchev–Trinajstić information content (AvgIpc) is 2.44. The van der Waals surface area contributed by atoms with Crippen molar-refractivity contribution in [1.29, 1.82) is 0 Å². The maximum atomic E-state index is 13.3. The van der Waals surface area contributed by atoms with Gasteiger partial charge in [-0.05, 0) is 61.2 Å². The molecule has 0 atom stereocenters. The summed E-state index contributed by atoms with van der Waals surface area (Å²) in [5.41, 5.74) is 2.96. The van der Waals surface area contributed by atoms with Crippen molar-refractivity contribution in [3.63, 3.8) is 0 Å². The Morgan fingerprint density at radius 2 is 2.05 bits per heavy atom. The van der Waals surface area contributed by atoms with Crippen molar-refractivity contribution in [3.8, 4) is 0 Å². The Labute approximate surface area is 132 Å². The molecule has 110 valence electrons. The number of rotatable bonds is 5. The normalized spacial score (nSPS) is 10.4. The summed E-state index contributed by atoms with van der Waals surface area (Å²) in [4.78, 5) is 12.2. The second kappa shape index (κ2) is 7.36. The standard InChI is InChI=1S/C17H17BrFNO/c1-12-8-14(11-15(19)9-12)17(21)20-16-6-2-4-13(10-16)5-3-7-18/h2,4,6,8-11H,3,5,7H2,1H3,(H,20,21). The molecular formula is C17H17BrFNO. The van der Waals surface area contributed by atoms with Gasteiger partial charge in [-0.25, -0.2) is 4.39 Å². The molecule has 0 spiro atoms. The van der Waals surface area contributed by atoms with Crippen LogP contribution in [0.4, 0.5) is 10.1 Å². The van der Waals surface area contributed by atoms with Crippen molar-refractivity contribution in [2.45, 2.75) is 19.8 Å². The molecule has 0 radical (unpaired) electrons. The third-order valence-electron chi connectivity index (χ3n) is 3.09. The Morgan fingerprint density at radius 3 is 2.76 bits per heavy atom. The van der Waals surface area contributed by atoms with E-state index < -0.39 is 5.82 Å². The minimum atomic E-state index is -0.397. The summed E-state index contributed by atoms with van der Waals surface area (Å²) in [6.07, 6.45) is 1.99. The number of halogens is 2. The van der Waals surface area contributed by atoms with E-state index in [0.29, 0.717) is 5.56 Å². The number of amides is 1. The first-order chi connectivity index (χ1) is 10.1. The molecule has 4 heteroatoms. The van der Waals surface area contributed by atoms with Crippen LogP contribution in [-0.4, -0.2) is 11.2 Å². The van der Waals surface area contributed by atoms with Crippen LogP contribution in [0.5, 0.6) is 0 Å². The van der Waals surface area contributed by atoms with Gasteiger partial charge >= 0.3 is 0 Å². The molecule has 0 aliphatic heterocycles. The molecule has 0 aromatic heterocycles. The molecular weight excluding hydrogens is 333 g/mol. The van der Waals surface area contributed by atoms with Crippen LogP contribution >= 0.6 is 15.9 Å². The van der Waals surface area contributed by atoms with E-state index in [-0.39, 0.29) is 5.91 Å². The van der Waals surface area contributed by atoms with Crippen LogP contribution in [0.15, 0.2) is 42.5 Å². The van der Waals surface area contributed by atoms with Crippen LogP contribution in [-0.2, 0) is 6.42 Å². The Bertz CT molecular complexity index is 622. The summed E-state index contributed by atoms with van der Waals surface area (Å²) in [6.45, 7) is 1.76. The van der Waals surface area contributed by atoms with Crippen LogP contribution in [0.25, 0.3) is 0 Å². The molecule has 21 heavy (non-hydrogen) atoms. The minimum absolute atomic E-state index is 0.296. The number of carbonyl (C=O) groups is 1. The largest absolute Gasteiger partial charge is 0.322 e. The molecule has 0 heterocycles. The third kappa shape index (κ3) is 4.67. The first-order valence-electron chi connectivity index (χ1n) is 6.82. The second-order valence-corrected chi connectivity index (χ2v) is 5.76. The van der Waals surface area contributed by atoms with Gasteiger partial charge in [0.2, 0.25) is 0 Å². The molecule has 0 aliphatic carbocycles. The number of aryl methyl sites for hydroxylation is 2. The van der Waals surface area contributed by atoms with Crippen LogP contribution in [0, 0.1) is 12.7 Å². The highest BCUT2D eigenvalue weighted by atomic mass is 79.9. The fraction of sp³-hybridized carbons (Fsp3) is 0.235. The van der Waals surface area contributed by atoms with E-state index in [1.165, 1.54) is 17.7 Å². The Balaban J connectivity index is 2.11. The Morgan fingerprint density at radius 1 is 1.24 bits per heavy atom. The van der Waals surface area contributed by atoms with E-state index in [2.05, 4.69) is 21.2 Å². The number of anilines is 1. The van der Waals surface area contributed by atoms with Gasteiger partial charge in [-0.15, -0.1) is 0 Å². The second-order valence-electron chi connectivity index (χ2n) is 4.96. The van der Waals surface area contributed by atoms with Crippen LogP contribution < -0.4 is 5.32 Å². The molecule has 1 N–H and O–H groups in total. The lowest BCUT2D eigenvalue weighted by molar-refractivity contribution is 0.102. The summed E-state index contributed by atoms with van der Waals surface area (Å²) in [7, 11) is 0. The number of benzene rings is 2. The van der Waals surface area contributed by atoms with E-state index in [9.17, 15) is 9.18 Å². The van der Waals surface area contributed by atoms with Gasteiger partial charge in [0.15, 0.2) is 0 Å². The lowest BCUT2D eigenvalue weighted by Crippen LogP contribution is -2.12. The van der Waals surface area contributed by atoms with Crippen molar-refractivity contribution in [2.75, 3.05) is 10.6 Å². The lowest BCUT2D eigenvalue weighted by atomic mass is 10.1. The van der Waals surface area contributed by atoms with E-state index in [1.54, 1.807) is 13.0 Å².